The van der Waals surface area contributed by atoms with E-state index in [-0.39, 0.29) is 5.91 Å². The van der Waals surface area contributed by atoms with E-state index in [0.717, 1.165) is 6.42 Å². The highest BCUT2D eigenvalue weighted by Gasteiger charge is 2.30. The van der Waals surface area contributed by atoms with Crippen molar-refractivity contribution in [3.63, 3.8) is 0 Å². The van der Waals surface area contributed by atoms with Crippen molar-refractivity contribution in [1.29, 1.82) is 0 Å². The van der Waals surface area contributed by atoms with E-state index >= 15 is 0 Å². The molecule has 3 heteroatoms. The van der Waals surface area contributed by atoms with Crippen LogP contribution in [-0.2, 0) is 4.79 Å². The molecular weight excluding hydrogens is 188 g/mol. The molecule has 0 radical (unpaired) electrons. The molecule has 1 amide bonds. The molecule has 0 aromatic heterocycles. The SMILES string of the molecule is CN(C)C(=O)C(C)(C)N[C@@H]1C=CCCC1. The number of likely N-dealkylation sites (N-methyl/N-ethyl adjacent to an activating group) is 1. The van der Waals surface area contributed by atoms with Crippen molar-refractivity contribution in [2.45, 2.75) is 44.7 Å². The molecule has 0 aromatic carbocycles. The Labute approximate surface area is 92.5 Å². The Balaban J connectivity index is 2.58. The number of nitrogens with zero attached hydrogens (tertiary/aromatic N) is 1. The molecule has 0 unspecified atom stereocenters. The normalized spacial score (nSPS) is 21.5. The number of hydrogen-bond acceptors (Lipinski definition) is 2. The summed E-state index contributed by atoms with van der Waals surface area (Å²) in [6.07, 6.45) is 7.87. The van der Waals surface area contributed by atoms with Crippen molar-refractivity contribution in [3.05, 3.63) is 12.2 Å². The molecule has 0 bridgehead atoms. The van der Waals surface area contributed by atoms with Crippen LogP contribution in [0.2, 0.25) is 0 Å². The molecule has 86 valence electrons. The summed E-state index contributed by atoms with van der Waals surface area (Å²) >= 11 is 0. The predicted molar refractivity (Wildman–Crippen MR) is 62.7 cm³/mol. The summed E-state index contributed by atoms with van der Waals surface area (Å²) in [5, 5.41) is 3.40. The molecule has 1 aliphatic rings. The zero-order valence-electron chi connectivity index (χ0n) is 10.2. The molecule has 1 N–H and O–H groups in total. The Morgan fingerprint density at radius 1 is 1.47 bits per heavy atom. The lowest BCUT2D eigenvalue weighted by Crippen LogP contribution is -2.55. The molecule has 3 nitrogen and oxygen atoms in total. The average molecular weight is 210 g/mol. The van der Waals surface area contributed by atoms with E-state index in [1.807, 2.05) is 13.8 Å². The Hall–Kier alpha value is -0.830. The quantitative estimate of drug-likeness (QED) is 0.717. The summed E-state index contributed by atoms with van der Waals surface area (Å²) in [5.74, 6) is 0.126. The first-order valence-electron chi connectivity index (χ1n) is 5.59. The molecule has 1 atom stereocenters. The highest BCUT2D eigenvalue weighted by atomic mass is 16.2. The lowest BCUT2D eigenvalue weighted by molar-refractivity contribution is -0.134. The summed E-state index contributed by atoms with van der Waals surface area (Å²) in [7, 11) is 3.59. The number of amides is 1. The van der Waals surface area contributed by atoms with E-state index in [1.54, 1.807) is 19.0 Å². The summed E-state index contributed by atoms with van der Waals surface area (Å²) in [6.45, 7) is 3.88. The molecular formula is C12H22N2O. The lowest BCUT2D eigenvalue weighted by Gasteiger charge is -2.32. The van der Waals surface area contributed by atoms with Crippen LogP contribution >= 0.6 is 0 Å². The zero-order chi connectivity index (χ0) is 11.5. The standard InChI is InChI=1S/C12H22N2O/c1-12(2,11(15)14(3)4)13-10-8-6-5-7-9-10/h6,8,10,13H,5,7,9H2,1-4H3/t10-/m1/s1. The van der Waals surface area contributed by atoms with Gasteiger partial charge in [0.2, 0.25) is 5.91 Å². The topological polar surface area (TPSA) is 32.3 Å². The Morgan fingerprint density at radius 3 is 2.60 bits per heavy atom. The van der Waals surface area contributed by atoms with Gasteiger partial charge in [-0.2, -0.15) is 0 Å². The maximum atomic E-state index is 11.9. The van der Waals surface area contributed by atoms with Crippen LogP contribution < -0.4 is 5.32 Å². The second kappa shape index (κ2) is 4.79. The third-order valence-electron chi connectivity index (χ3n) is 2.74. The number of carbonyl (C=O) groups excluding carboxylic acids is 1. The molecule has 0 aromatic rings. The van der Waals surface area contributed by atoms with Gasteiger partial charge in [-0.3, -0.25) is 10.1 Å². The third kappa shape index (κ3) is 3.34. The van der Waals surface area contributed by atoms with Crippen LogP contribution in [0.15, 0.2) is 12.2 Å². The largest absolute Gasteiger partial charge is 0.347 e. The first-order valence-corrected chi connectivity index (χ1v) is 5.59. The van der Waals surface area contributed by atoms with Gasteiger partial charge in [0.05, 0.1) is 5.54 Å². The number of nitrogens with one attached hydrogen (secondary N) is 1. The maximum Gasteiger partial charge on any atom is 0.241 e. The van der Waals surface area contributed by atoms with Gasteiger partial charge in [-0.15, -0.1) is 0 Å². The van der Waals surface area contributed by atoms with E-state index in [0.29, 0.717) is 6.04 Å². The smallest absolute Gasteiger partial charge is 0.241 e. The third-order valence-corrected chi connectivity index (χ3v) is 2.74. The Kier molecular flexibility index (Phi) is 3.91. The first kappa shape index (κ1) is 12.2. The van der Waals surface area contributed by atoms with E-state index in [9.17, 15) is 4.79 Å². The fraction of sp³-hybridized carbons (Fsp3) is 0.750. The van der Waals surface area contributed by atoms with Gasteiger partial charge in [0.15, 0.2) is 0 Å². The highest BCUT2D eigenvalue weighted by Crippen LogP contribution is 2.15. The van der Waals surface area contributed by atoms with Crippen LogP contribution in [-0.4, -0.2) is 36.5 Å². The van der Waals surface area contributed by atoms with Crippen molar-refractivity contribution < 1.29 is 4.79 Å². The molecule has 0 saturated heterocycles. The highest BCUT2D eigenvalue weighted by molar-refractivity contribution is 5.85. The Morgan fingerprint density at radius 2 is 2.13 bits per heavy atom. The van der Waals surface area contributed by atoms with Crippen molar-refractivity contribution in [3.8, 4) is 0 Å². The first-order chi connectivity index (χ1) is 6.93. The van der Waals surface area contributed by atoms with Crippen LogP contribution in [0.1, 0.15) is 33.1 Å². The minimum atomic E-state index is -0.476. The monoisotopic (exact) mass is 210 g/mol. The fourth-order valence-electron chi connectivity index (χ4n) is 2.02. The van der Waals surface area contributed by atoms with Gasteiger partial charge in [0.25, 0.3) is 0 Å². The summed E-state index contributed by atoms with van der Waals surface area (Å²) in [5.41, 5.74) is -0.476. The minimum Gasteiger partial charge on any atom is -0.347 e. The second-order valence-corrected chi connectivity index (χ2v) is 4.93. The Bertz CT molecular complexity index is 256. The van der Waals surface area contributed by atoms with Crippen LogP contribution in [0.3, 0.4) is 0 Å². The van der Waals surface area contributed by atoms with Gasteiger partial charge >= 0.3 is 0 Å². The molecule has 15 heavy (non-hydrogen) atoms. The van der Waals surface area contributed by atoms with E-state index < -0.39 is 5.54 Å². The maximum absolute atomic E-state index is 11.9. The molecule has 0 spiro atoms. The second-order valence-electron chi connectivity index (χ2n) is 4.93. The van der Waals surface area contributed by atoms with E-state index in [1.165, 1.54) is 12.8 Å². The molecule has 0 fully saturated rings. The van der Waals surface area contributed by atoms with E-state index in [2.05, 4.69) is 17.5 Å². The van der Waals surface area contributed by atoms with Gasteiger partial charge in [0.1, 0.15) is 0 Å². The van der Waals surface area contributed by atoms with Gasteiger partial charge in [-0.05, 0) is 33.1 Å². The average Bonchev–Trinajstić information content (AvgIpc) is 2.17. The van der Waals surface area contributed by atoms with Crippen LogP contribution in [0.5, 0.6) is 0 Å². The van der Waals surface area contributed by atoms with Crippen molar-refractivity contribution in [2.24, 2.45) is 0 Å². The van der Waals surface area contributed by atoms with Gasteiger partial charge < -0.3 is 4.90 Å². The van der Waals surface area contributed by atoms with Crippen LogP contribution in [0.25, 0.3) is 0 Å². The van der Waals surface area contributed by atoms with Crippen LogP contribution in [0, 0.1) is 0 Å². The fourth-order valence-corrected chi connectivity index (χ4v) is 2.02. The summed E-state index contributed by atoms with van der Waals surface area (Å²) < 4.78 is 0. The molecule has 1 rings (SSSR count). The van der Waals surface area contributed by atoms with Crippen molar-refractivity contribution in [1.82, 2.24) is 10.2 Å². The van der Waals surface area contributed by atoms with Gasteiger partial charge in [0, 0.05) is 20.1 Å². The van der Waals surface area contributed by atoms with Gasteiger partial charge in [-0.1, -0.05) is 12.2 Å². The van der Waals surface area contributed by atoms with Gasteiger partial charge in [-0.25, -0.2) is 0 Å². The van der Waals surface area contributed by atoms with Crippen LogP contribution in [0.4, 0.5) is 0 Å². The lowest BCUT2D eigenvalue weighted by atomic mass is 9.97. The molecule has 0 aliphatic heterocycles. The number of rotatable bonds is 3. The molecule has 1 aliphatic carbocycles. The number of hydrogen-bond donors (Lipinski definition) is 1. The zero-order valence-corrected chi connectivity index (χ0v) is 10.2. The number of carbonyl (C=O) groups is 1. The van der Waals surface area contributed by atoms with Crippen molar-refractivity contribution in [2.75, 3.05) is 14.1 Å². The van der Waals surface area contributed by atoms with E-state index in [4.69, 9.17) is 0 Å². The number of allylic oxidation sites excluding steroid dienone is 1. The predicted octanol–water partition coefficient (Wildman–Crippen LogP) is 1.55. The summed E-state index contributed by atoms with van der Waals surface area (Å²) in [6, 6.07) is 0.345. The molecule has 0 saturated carbocycles. The summed E-state index contributed by atoms with van der Waals surface area (Å²) in [4.78, 5) is 13.5. The molecule has 0 heterocycles. The minimum absolute atomic E-state index is 0.126. The van der Waals surface area contributed by atoms with Crippen molar-refractivity contribution >= 4 is 5.91 Å².